The van der Waals surface area contributed by atoms with Gasteiger partial charge in [-0.2, -0.15) is 0 Å². The first-order valence-corrected chi connectivity index (χ1v) is 5.85. The molecule has 1 N–H and O–H groups in total. The lowest BCUT2D eigenvalue weighted by Crippen LogP contribution is -2.26. The lowest BCUT2D eigenvalue weighted by molar-refractivity contribution is 0.0493. The number of benzene rings is 1. The molecule has 100 valence electrons. The number of halogens is 1. The van der Waals surface area contributed by atoms with Crippen LogP contribution in [-0.4, -0.2) is 22.2 Å². The van der Waals surface area contributed by atoms with Crippen LogP contribution in [0.15, 0.2) is 36.7 Å². The Morgan fingerprint density at radius 3 is 2.74 bits per heavy atom. The molecule has 1 unspecified atom stereocenters. The molecule has 1 aromatic heterocycles. The zero-order valence-corrected chi connectivity index (χ0v) is 10.8. The standard InChI is InChI=1S/C14H15FN2O2/c1-14(18,9-10-4-3-5-11(15)8-10)12-13(19-2)17-7-6-16-12/h3-8,18H,9H2,1-2H3. The molecule has 0 amide bonds. The summed E-state index contributed by atoms with van der Waals surface area (Å²) in [5.41, 5.74) is -0.271. The van der Waals surface area contributed by atoms with Gasteiger partial charge in [0, 0.05) is 18.8 Å². The molecule has 0 radical (unpaired) electrons. The van der Waals surface area contributed by atoms with E-state index in [4.69, 9.17) is 4.74 Å². The van der Waals surface area contributed by atoms with Crippen LogP contribution in [0.3, 0.4) is 0 Å². The highest BCUT2D eigenvalue weighted by Gasteiger charge is 2.29. The van der Waals surface area contributed by atoms with E-state index in [0.717, 1.165) is 0 Å². The number of rotatable bonds is 4. The molecule has 1 heterocycles. The molecule has 4 nitrogen and oxygen atoms in total. The number of aromatic nitrogens is 2. The van der Waals surface area contributed by atoms with Gasteiger partial charge in [-0.25, -0.2) is 9.37 Å². The van der Waals surface area contributed by atoms with Gasteiger partial charge in [0.25, 0.3) is 0 Å². The van der Waals surface area contributed by atoms with Crippen LogP contribution in [0.2, 0.25) is 0 Å². The molecule has 0 spiro atoms. The Kier molecular flexibility index (Phi) is 3.76. The van der Waals surface area contributed by atoms with Crippen molar-refractivity contribution in [3.8, 4) is 5.88 Å². The fourth-order valence-corrected chi connectivity index (χ4v) is 1.97. The van der Waals surface area contributed by atoms with Gasteiger partial charge < -0.3 is 9.84 Å². The van der Waals surface area contributed by atoms with Crippen LogP contribution in [0.1, 0.15) is 18.2 Å². The van der Waals surface area contributed by atoms with E-state index in [1.807, 2.05) is 0 Å². The Morgan fingerprint density at radius 1 is 1.32 bits per heavy atom. The summed E-state index contributed by atoms with van der Waals surface area (Å²) in [5.74, 6) is -0.0664. The second kappa shape index (κ2) is 5.32. The predicted octanol–water partition coefficient (Wildman–Crippen LogP) is 2.07. The summed E-state index contributed by atoms with van der Waals surface area (Å²) in [6, 6.07) is 6.10. The molecule has 2 rings (SSSR count). The third kappa shape index (κ3) is 3.06. The summed E-state index contributed by atoms with van der Waals surface area (Å²) >= 11 is 0. The van der Waals surface area contributed by atoms with Gasteiger partial charge in [-0.05, 0) is 24.6 Å². The highest BCUT2D eigenvalue weighted by Crippen LogP contribution is 2.29. The molecule has 5 heteroatoms. The first-order chi connectivity index (χ1) is 9.03. The summed E-state index contributed by atoms with van der Waals surface area (Å²) in [4.78, 5) is 8.11. The number of methoxy groups -OCH3 is 1. The maximum absolute atomic E-state index is 13.2. The largest absolute Gasteiger partial charge is 0.480 e. The minimum Gasteiger partial charge on any atom is -0.480 e. The minimum atomic E-state index is -1.28. The van der Waals surface area contributed by atoms with Crippen molar-refractivity contribution < 1.29 is 14.2 Å². The van der Waals surface area contributed by atoms with Gasteiger partial charge in [0.05, 0.1) is 7.11 Å². The number of nitrogens with zero attached hydrogens (tertiary/aromatic N) is 2. The molecule has 2 aromatic rings. The monoisotopic (exact) mass is 262 g/mol. The predicted molar refractivity (Wildman–Crippen MR) is 68.3 cm³/mol. The first kappa shape index (κ1) is 13.4. The third-order valence-corrected chi connectivity index (χ3v) is 2.81. The molecule has 0 bridgehead atoms. The van der Waals surface area contributed by atoms with Crippen molar-refractivity contribution in [2.24, 2.45) is 0 Å². The lowest BCUT2D eigenvalue weighted by atomic mass is 9.93. The van der Waals surface area contributed by atoms with Crippen molar-refractivity contribution in [1.82, 2.24) is 9.97 Å². The molecule has 0 saturated carbocycles. The molecule has 1 aromatic carbocycles. The van der Waals surface area contributed by atoms with Crippen molar-refractivity contribution in [2.75, 3.05) is 7.11 Å². The summed E-state index contributed by atoms with van der Waals surface area (Å²) < 4.78 is 18.2. The van der Waals surface area contributed by atoms with Gasteiger partial charge in [-0.15, -0.1) is 0 Å². The minimum absolute atomic E-state index is 0.222. The van der Waals surface area contributed by atoms with E-state index in [1.54, 1.807) is 19.1 Å². The molecule has 0 aliphatic rings. The molecule has 0 fully saturated rings. The third-order valence-electron chi connectivity index (χ3n) is 2.81. The lowest BCUT2D eigenvalue weighted by Gasteiger charge is -2.23. The normalized spacial score (nSPS) is 13.9. The first-order valence-electron chi connectivity index (χ1n) is 5.85. The van der Waals surface area contributed by atoms with Crippen LogP contribution < -0.4 is 4.74 Å². The highest BCUT2D eigenvalue weighted by atomic mass is 19.1. The van der Waals surface area contributed by atoms with Crippen LogP contribution in [-0.2, 0) is 12.0 Å². The Bertz CT molecular complexity index is 573. The molecule has 0 aliphatic heterocycles. The number of hydrogen-bond donors (Lipinski definition) is 1. The Hall–Kier alpha value is -2.01. The summed E-state index contributed by atoms with van der Waals surface area (Å²) in [6.45, 7) is 1.60. The van der Waals surface area contributed by atoms with Crippen molar-refractivity contribution in [2.45, 2.75) is 18.9 Å². The molecule has 0 aliphatic carbocycles. The quantitative estimate of drug-likeness (QED) is 0.916. The van der Waals surface area contributed by atoms with Crippen LogP contribution in [0, 0.1) is 5.82 Å². The van der Waals surface area contributed by atoms with E-state index < -0.39 is 5.60 Å². The van der Waals surface area contributed by atoms with Crippen LogP contribution in [0.25, 0.3) is 0 Å². The van der Waals surface area contributed by atoms with Crippen molar-refractivity contribution in [3.05, 3.63) is 53.7 Å². The maximum Gasteiger partial charge on any atom is 0.238 e. The summed E-state index contributed by atoms with van der Waals surface area (Å²) in [6.07, 6.45) is 3.19. The molecule has 19 heavy (non-hydrogen) atoms. The second-order valence-corrected chi connectivity index (χ2v) is 4.49. The summed E-state index contributed by atoms with van der Waals surface area (Å²) in [7, 11) is 1.46. The second-order valence-electron chi connectivity index (χ2n) is 4.49. The summed E-state index contributed by atoms with van der Waals surface area (Å²) in [5, 5.41) is 10.5. The Morgan fingerprint density at radius 2 is 2.05 bits per heavy atom. The zero-order valence-electron chi connectivity index (χ0n) is 10.8. The average Bonchev–Trinajstić information content (AvgIpc) is 2.38. The fourth-order valence-electron chi connectivity index (χ4n) is 1.97. The van der Waals surface area contributed by atoms with E-state index in [2.05, 4.69) is 9.97 Å². The topological polar surface area (TPSA) is 55.2 Å². The molecular weight excluding hydrogens is 247 g/mol. The van der Waals surface area contributed by atoms with E-state index in [0.29, 0.717) is 11.3 Å². The van der Waals surface area contributed by atoms with Gasteiger partial charge in [0.1, 0.15) is 17.1 Å². The Labute approximate surface area is 110 Å². The zero-order chi connectivity index (χ0) is 13.9. The van der Waals surface area contributed by atoms with E-state index in [-0.39, 0.29) is 18.1 Å². The van der Waals surface area contributed by atoms with Gasteiger partial charge in [-0.3, -0.25) is 4.98 Å². The average molecular weight is 262 g/mol. The van der Waals surface area contributed by atoms with Gasteiger partial charge in [0.2, 0.25) is 5.88 Å². The Balaban J connectivity index is 2.32. The van der Waals surface area contributed by atoms with E-state index in [9.17, 15) is 9.50 Å². The fraction of sp³-hybridized carbons (Fsp3) is 0.286. The van der Waals surface area contributed by atoms with Crippen LogP contribution in [0.4, 0.5) is 4.39 Å². The number of hydrogen-bond acceptors (Lipinski definition) is 4. The van der Waals surface area contributed by atoms with Crippen molar-refractivity contribution in [3.63, 3.8) is 0 Å². The smallest absolute Gasteiger partial charge is 0.238 e. The SMILES string of the molecule is COc1nccnc1C(C)(O)Cc1cccc(F)c1. The molecular formula is C14H15FN2O2. The highest BCUT2D eigenvalue weighted by molar-refractivity contribution is 5.27. The molecule has 0 saturated heterocycles. The van der Waals surface area contributed by atoms with Gasteiger partial charge in [0.15, 0.2) is 0 Å². The van der Waals surface area contributed by atoms with Crippen LogP contribution >= 0.6 is 0 Å². The van der Waals surface area contributed by atoms with Gasteiger partial charge >= 0.3 is 0 Å². The van der Waals surface area contributed by atoms with Gasteiger partial charge in [-0.1, -0.05) is 12.1 Å². The van der Waals surface area contributed by atoms with Crippen molar-refractivity contribution >= 4 is 0 Å². The number of ether oxygens (including phenoxy) is 1. The maximum atomic E-state index is 13.2. The molecule has 1 atom stereocenters. The number of aliphatic hydroxyl groups is 1. The van der Waals surface area contributed by atoms with Crippen molar-refractivity contribution in [1.29, 1.82) is 0 Å². The van der Waals surface area contributed by atoms with E-state index in [1.165, 1.54) is 31.6 Å². The van der Waals surface area contributed by atoms with Crippen LogP contribution in [0.5, 0.6) is 5.88 Å². The van der Waals surface area contributed by atoms with E-state index >= 15 is 0 Å².